The van der Waals surface area contributed by atoms with E-state index >= 15 is 0 Å². The zero-order valence-corrected chi connectivity index (χ0v) is 9.41. The van der Waals surface area contributed by atoms with Crippen LogP contribution in [0.1, 0.15) is 17.3 Å². The third kappa shape index (κ3) is 3.14. The van der Waals surface area contributed by atoms with Gasteiger partial charge in [-0.1, -0.05) is 6.08 Å². The van der Waals surface area contributed by atoms with Gasteiger partial charge in [-0.25, -0.2) is 4.79 Å². The van der Waals surface area contributed by atoms with Crippen molar-refractivity contribution in [2.45, 2.75) is 6.92 Å². The molecule has 7 nitrogen and oxygen atoms in total. The number of nitro groups is 1. The van der Waals surface area contributed by atoms with Gasteiger partial charge in [0.1, 0.15) is 0 Å². The lowest BCUT2D eigenvalue weighted by Crippen LogP contribution is -2.12. The number of carbonyl (C=O) groups excluding carboxylic acids is 1. The van der Waals surface area contributed by atoms with Crippen molar-refractivity contribution < 1.29 is 19.6 Å². The highest BCUT2D eigenvalue weighted by Gasteiger charge is 2.16. The lowest BCUT2D eigenvalue weighted by molar-refractivity contribution is -0.384. The zero-order valence-electron chi connectivity index (χ0n) is 9.41. The maximum Gasteiger partial charge on any atom is 0.338 e. The fourth-order valence-electron chi connectivity index (χ4n) is 1.26. The van der Waals surface area contributed by atoms with Gasteiger partial charge in [0, 0.05) is 12.1 Å². The van der Waals surface area contributed by atoms with E-state index in [9.17, 15) is 19.7 Å². The predicted octanol–water partition coefficient (Wildman–Crippen LogP) is 1.81. The molecule has 7 heteroatoms. The summed E-state index contributed by atoms with van der Waals surface area (Å²) in [5.74, 6) is -1.86. The first kappa shape index (κ1) is 13.4. The van der Waals surface area contributed by atoms with Crippen molar-refractivity contribution in [3.05, 3.63) is 46.0 Å². The Labute approximate surface area is 102 Å². The quantitative estimate of drug-likeness (QED) is 0.481. The Kier molecular flexibility index (Phi) is 4.14. The Balaban J connectivity index is 3.15. The number of carboxylic acids is 1. The highest BCUT2D eigenvalue weighted by atomic mass is 16.6. The second-order valence-corrected chi connectivity index (χ2v) is 3.28. The van der Waals surface area contributed by atoms with E-state index in [1.165, 1.54) is 18.2 Å². The third-order valence-electron chi connectivity index (χ3n) is 2.02. The van der Waals surface area contributed by atoms with Gasteiger partial charge >= 0.3 is 5.97 Å². The molecule has 0 saturated carbocycles. The molecule has 94 valence electrons. The number of anilines is 1. The van der Waals surface area contributed by atoms with Crippen molar-refractivity contribution in [2.24, 2.45) is 0 Å². The SMILES string of the molecule is C/C=C/C(=O)Nc1ccc([N+](=O)[O-])cc1C(=O)O. The van der Waals surface area contributed by atoms with Crippen LogP contribution in [0.15, 0.2) is 30.4 Å². The van der Waals surface area contributed by atoms with Crippen molar-refractivity contribution in [1.29, 1.82) is 0 Å². The van der Waals surface area contributed by atoms with Crippen LogP contribution in [0.2, 0.25) is 0 Å². The van der Waals surface area contributed by atoms with Crippen molar-refractivity contribution in [2.75, 3.05) is 5.32 Å². The van der Waals surface area contributed by atoms with Crippen LogP contribution >= 0.6 is 0 Å². The second kappa shape index (κ2) is 5.58. The molecule has 1 aromatic rings. The molecule has 18 heavy (non-hydrogen) atoms. The molecule has 2 N–H and O–H groups in total. The number of nitrogens with one attached hydrogen (secondary N) is 1. The highest BCUT2D eigenvalue weighted by molar-refractivity contribution is 6.04. The first-order valence-corrected chi connectivity index (χ1v) is 4.91. The van der Waals surface area contributed by atoms with E-state index in [-0.39, 0.29) is 16.9 Å². The maximum absolute atomic E-state index is 11.3. The van der Waals surface area contributed by atoms with Gasteiger partial charge in [-0.15, -0.1) is 0 Å². The van der Waals surface area contributed by atoms with E-state index in [1.54, 1.807) is 6.92 Å². The minimum Gasteiger partial charge on any atom is -0.478 e. The Morgan fingerprint density at radius 1 is 1.44 bits per heavy atom. The number of hydrogen-bond donors (Lipinski definition) is 2. The molecule has 1 aromatic carbocycles. The molecule has 0 aliphatic rings. The smallest absolute Gasteiger partial charge is 0.338 e. The summed E-state index contributed by atoms with van der Waals surface area (Å²) in [6, 6.07) is 3.20. The molecule has 0 aromatic heterocycles. The molecule has 0 saturated heterocycles. The first-order chi connectivity index (χ1) is 8.45. The van der Waals surface area contributed by atoms with Gasteiger partial charge < -0.3 is 10.4 Å². The van der Waals surface area contributed by atoms with E-state index in [0.717, 1.165) is 12.1 Å². The Bertz CT molecular complexity index is 536. The summed E-state index contributed by atoms with van der Waals surface area (Å²) >= 11 is 0. The van der Waals surface area contributed by atoms with Crippen LogP contribution in [0.4, 0.5) is 11.4 Å². The normalized spacial score (nSPS) is 10.3. The fourth-order valence-corrected chi connectivity index (χ4v) is 1.26. The molecule has 0 atom stereocenters. The average Bonchev–Trinajstić information content (AvgIpc) is 2.29. The molecule has 1 amide bonds. The van der Waals surface area contributed by atoms with Crippen LogP contribution in [0.25, 0.3) is 0 Å². The molecule has 0 radical (unpaired) electrons. The van der Waals surface area contributed by atoms with E-state index in [4.69, 9.17) is 5.11 Å². The standard InChI is InChI=1S/C11H10N2O5/c1-2-3-10(14)12-9-5-4-7(13(17)18)6-8(9)11(15)16/h2-6H,1H3,(H,12,14)(H,15,16)/b3-2+. The number of aromatic carboxylic acids is 1. The molecule has 0 aliphatic heterocycles. The number of rotatable bonds is 4. The van der Waals surface area contributed by atoms with Crippen molar-refractivity contribution >= 4 is 23.3 Å². The summed E-state index contributed by atoms with van der Waals surface area (Å²) in [6.07, 6.45) is 2.70. The van der Waals surface area contributed by atoms with Gasteiger partial charge in [0.2, 0.25) is 5.91 Å². The van der Waals surface area contributed by atoms with Crippen LogP contribution in [-0.4, -0.2) is 21.9 Å². The van der Waals surface area contributed by atoms with Gasteiger partial charge in [-0.3, -0.25) is 14.9 Å². The lowest BCUT2D eigenvalue weighted by atomic mass is 10.1. The number of hydrogen-bond acceptors (Lipinski definition) is 4. The summed E-state index contributed by atoms with van der Waals surface area (Å²) in [7, 11) is 0. The second-order valence-electron chi connectivity index (χ2n) is 3.28. The third-order valence-corrected chi connectivity index (χ3v) is 2.02. The number of amides is 1. The van der Waals surface area contributed by atoms with E-state index in [0.29, 0.717) is 0 Å². The van der Waals surface area contributed by atoms with Gasteiger partial charge in [-0.2, -0.15) is 0 Å². The van der Waals surface area contributed by atoms with E-state index in [2.05, 4.69) is 5.32 Å². The Morgan fingerprint density at radius 3 is 2.61 bits per heavy atom. The molecule has 0 fully saturated rings. The number of allylic oxidation sites excluding steroid dienone is 1. The van der Waals surface area contributed by atoms with Crippen LogP contribution in [0.3, 0.4) is 0 Å². The Hall–Kier alpha value is -2.70. The summed E-state index contributed by atoms with van der Waals surface area (Å²) in [6.45, 7) is 1.63. The lowest BCUT2D eigenvalue weighted by Gasteiger charge is -2.06. The molecular formula is C11H10N2O5. The molecule has 0 aliphatic carbocycles. The van der Waals surface area contributed by atoms with Crippen LogP contribution in [-0.2, 0) is 4.79 Å². The zero-order chi connectivity index (χ0) is 13.7. The largest absolute Gasteiger partial charge is 0.478 e. The average molecular weight is 250 g/mol. The monoisotopic (exact) mass is 250 g/mol. The van der Waals surface area contributed by atoms with E-state index < -0.39 is 16.8 Å². The fraction of sp³-hybridized carbons (Fsp3) is 0.0909. The van der Waals surface area contributed by atoms with Gasteiger partial charge in [0.25, 0.3) is 5.69 Å². The van der Waals surface area contributed by atoms with Crippen molar-refractivity contribution in [1.82, 2.24) is 0 Å². The number of carboxylic acid groups (broad SMARTS) is 1. The minimum atomic E-state index is -1.35. The highest BCUT2D eigenvalue weighted by Crippen LogP contribution is 2.22. The van der Waals surface area contributed by atoms with Gasteiger partial charge in [-0.05, 0) is 19.1 Å². The summed E-state index contributed by atoms with van der Waals surface area (Å²) in [5, 5.41) is 21.8. The number of nitro benzene ring substituents is 1. The summed E-state index contributed by atoms with van der Waals surface area (Å²) in [4.78, 5) is 32.0. The van der Waals surface area contributed by atoms with Crippen molar-refractivity contribution in [3.63, 3.8) is 0 Å². The summed E-state index contributed by atoms with van der Waals surface area (Å²) < 4.78 is 0. The number of non-ortho nitro benzene ring substituents is 1. The first-order valence-electron chi connectivity index (χ1n) is 4.91. The molecule has 0 bridgehead atoms. The summed E-state index contributed by atoms with van der Waals surface area (Å²) in [5.41, 5.74) is -0.672. The number of nitrogens with zero attached hydrogens (tertiary/aromatic N) is 1. The van der Waals surface area contributed by atoms with Crippen molar-refractivity contribution in [3.8, 4) is 0 Å². The molecule has 0 unspecified atom stereocenters. The predicted molar refractivity (Wildman–Crippen MR) is 63.5 cm³/mol. The van der Waals surface area contributed by atoms with E-state index in [1.807, 2.05) is 0 Å². The number of carbonyl (C=O) groups is 2. The topological polar surface area (TPSA) is 110 Å². The Morgan fingerprint density at radius 2 is 2.11 bits per heavy atom. The van der Waals surface area contributed by atoms with Gasteiger partial charge in [0.15, 0.2) is 0 Å². The molecule has 0 heterocycles. The van der Waals surface area contributed by atoms with Crippen LogP contribution in [0, 0.1) is 10.1 Å². The number of benzene rings is 1. The van der Waals surface area contributed by atoms with Gasteiger partial charge in [0.05, 0.1) is 16.2 Å². The molecular weight excluding hydrogens is 240 g/mol. The van der Waals surface area contributed by atoms with Crippen LogP contribution in [0.5, 0.6) is 0 Å². The minimum absolute atomic E-state index is 0.0104. The van der Waals surface area contributed by atoms with Crippen LogP contribution < -0.4 is 5.32 Å². The molecule has 0 spiro atoms. The molecule has 1 rings (SSSR count). The maximum atomic E-state index is 11.3.